The summed E-state index contributed by atoms with van der Waals surface area (Å²) in [5.41, 5.74) is 3.10. The number of fused-ring (bicyclic) bond motifs is 1. The maximum atomic E-state index is 13.5. The predicted molar refractivity (Wildman–Crippen MR) is 97.8 cm³/mol. The summed E-state index contributed by atoms with van der Waals surface area (Å²) >= 11 is 0. The smallest absolute Gasteiger partial charge is 0.290 e. The van der Waals surface area contributed by atoms with Crippen molar-refractivity contribution in [1.82, 2.24) is 4.90 Å². The zero-order valence-corrected chi connectivity index (χ0v) is 14.6. The molecule has 1 atom stereocenters. The number of nitrogens with one attached hydrogen (secondary N) is 1. The monoisotopic (exact) mass is 364 g/mol. The normalized spacial score (nSPS) is 16.4. The average Bonchev–Trinajstić information content (AvgIpc) is 3.14. The van der Waals surface area contributed by atoms with Crippen molar-refractivity contribution in [3.63, 3.8) is 0 Å². The standard InChI is InChI=1S/C21H17FN2O3/c1-13-4-9-17-16(11-13)20(14-5-7-15(22)8-6-14)24(12-19(25)23-17)21(26)18-3-2-10-27-18/h2-11,20H,12H2,1H3,(H,23,25). The van der Waals surface area contributed by atoms with Crippen molar-refractivity contribution in [2.45, 2.75) is 13.0 Å². The SMILES string of the molecule is Cc1ccc2c(c1)C(c1ccc(F)cc1)N(C(=O)c1ccco1)CC(=O)N2. The largest absolute Gasteiger partial charge is 0.459 e. The number of hydrogen-bond donors (Lipinski definition) is 1. The third-order valence-corrected chi connectivity index (χ3v) is 4.58. The molecule has 0 aliphatic carbocycles. The molecule has 0 radical (unpaired) electrons. The molecule has 1 aliphatic heterocycles. The molecular formula is C21H17FN2O3. The van der Waals surface area contributed by atoms with E-state index in [2.05, 4.69) is 5.32 Å². The van der Waals surface area contributed by atoms with Crippen LogP contribution < -0.4 is 5.32 Å². The highest BCUT2D eigenvalue weighted by atomic mass is 19.1. The lowest BCUT2D eigenvalue weighted by molar-refractivity contribution is -0.117. The molecule has 5 nitrogen and oxygen atoms in total. The van der Waals surface area contributed by atoms with Crippen molar-refractivity contribution in [2.24, 2.45) is 0 Å². The van der Waals surface area contributed by atoms with Gasteiger partial charge in [-0.1, -0.05) is 29.8 Å². The van der Waals surface area contributed by atoms with E-state index in [9.17, 15) is 14.0 Å². The predicted octanol–water partition coefficient (Wildman–Crippen LogP) is 3.91. The van der Waals surface area contributed by atoms with E-state index in [1.807, 2.05) is 25.1 Å². The summed E-state index contributed by atoms with van der Waals surface area (Å²) in [6.07, 6.45) is 1.41. The molecule has 0 saturated heterocycles. The Morgan fingerprint density at radius 2 is 1.96 bits per heavy atom. The molecule has 6 heteroatoms. The molecule has 1 aliphatic rings. The van der Waals surface area contributed by atoms with Crippen LogP contribution in [0.25, 0.3) is 0 Å². The van der Waals surface area contributed by atoms with E-state index in [1.165, 1.54) is 23.3 Å². The van der Waals surface area contributed by atoms with E-state index in [0.717, 1.165) is 11.1 Å². The molecule has 136 valence electrons. The Bertz CT molecular complexity index is 997. The van der Waals surface area contributed by atoms with Gasteiger partial charge in [-0.3, -0.25) is 9.59 Å². The number of furan rings is 1. The lowest BCUT2D eigenvalue weighted by Gasteiger charge is -2.30. The highest BCUT2D eigenvalue weighted by Gasteiger charge is 2.34. The molecule has 0 fully saturated rings. The van der Waals surface area contributed by atoms with Gasteiger partial charge in [0.05, 0.1) is 12.3 Å². The summed E-state index contributed by atoms with van der Waals surface area (Å²) < 4.78 is 18.7. The van der Waals surface area contributed by atoms with E-state index < -0.39 is 11.9 Å². The van der Waals surface area contributed by atoms with Gasteiger partial charge in [-0.2, -0.15) is 0 Å². The first-order valence-electron chi connectivity index (χ1n) is 8.53. The van der Waals surface area contributed by atoms with E-state index in [-0.39, 0.29) is 24.0 Å². The van der Waals surface area contributed by atoms with Crippen LogP contribution in [0.15, 0.2) is 65.3 Å². The number of nitrogens with zero attached hydrogens (tertiary/aromatic N) is 1. The number of carbonyl (C=O) groups is 2. The van der Waals surface area contributed by atoms with Gasteiger partial charge in [-0.05, 0) is 42.8 Å². The topological polar surface area (TPSA) is 62.6 Å². The Morgan fingerprint density at radius 3 is 2.67 bits per heavy atom. The molecule has 27 heavy (non-hydrogen) atoms. The van der Waals surface area contributed by atoms with Crippen LogP contribution in [0.1, 0.15) is 33.3 Å². The fraction of sp³-hybridized carbons (Fsp3) is 0.143. The van der Waals surface area contributed by atoms with Crippen LogP contribution in [0.3, 0.4) is 0 Å². The molecule has 0 saturated carbocycles. The highest BCUT2D eigenvalue weighted by molar-refractivity contribution is 6.00. The Hall–Kier alpha value is -3.41. The molecule has 3 aromatic rings. The van der Waals surface area contributed by atoms with Gasteiger partial charge in [0.15, 0.2) is 5.76 Å². The Morgan fingerprint density at radius 1 is 1.19 bits per heavy atom. The molecule has 0 bridgehead atoms. The van der Waals surface area contributed by atoms with Crippen LogP contribution >= 0.6 is 0 Å². The molecule has 2 amide bonds. The van der Waals surface area contributed by atoms with Crippen LogP contribution in [-0.4, -0.2) is 23.3 Å². The Balaban J connectivity index is 1.90. The van der Waals surface area contributed by atoms with Crippen molar-refractivity contribution in [1.29, 1.82) is 0 Å². The second-order valence-electron chi connectivity index (χ2n) is 6.50. The number of aryl methyl sites for hydroxylation is 1. The molecule has 1 N–H and O–H groups in total. The number of rotatable bonds is 2. The van der Waals surface area contributed by atoms with Crippen molar-refractivity contribution in [3.8, 4) is 0 Å². The minimum Gasteiger partial charge on any atom is -0.459 e. The van der Waals surface area contributed by atoms with E-state index in [4.69, 9.17) is 4.42 Å². The van der Waals surface area contributed by atoms with Gasteiger partial charge in [-0.15, -0.1) is 0 Å². The maximum absolute atomic E-state index is 13.5. The van der Waals surface area contributed by atoms with Crippen LogP contribution in [0.5, 0.6) is 0 Å². The van der Waals surface area contributed by atoms with E-state index in [1.54, 1.807) is 24.3 Å². The minimum absolute atomic E-state index is 0.144. The number of amides is 2. The molecule has 4 rings (SSSR count). The fourth-order valence-electron chi connectivity index (χ4n) is 3.36. The summed E-state index contributed by atoms with van der Waals surface area (Å²) in [5.74, 6) is -0.926. The fourth-order valence-corrected chi connectivity index (χ4v) is 3.36. The number of anilines is 1. The summed E-state index contributed by atoms with van der Waals surface area (Å²) in [6.45, 7) is 1.79. The van der Waals surface area contributed by atoms with Crippen LogP contribution in [0, 0.1) is 12.7 Å². The number of carbonyl (C=O) groups excluding carboxylic acids is 2. The highest BCUT2D eigenvalue weighted by Crippen LogP contribution is 2.37. The van der Waals surface area contributed by atoms with Gasteiger partial charge >= 0.3 is 0 Å². The van der Waals surface area contributed by atoms with E-state index >= 15 is 0 Å². The molecule has 1 unspecified atom stereocenters. The van der Waals surface area contributed by atoms with Gasteiger partial charge in [0, 0.05) is 11.3 Å². The first-order chi connectivity index (χ1) is 13.0. The van der Waals surface area contributed by atoms with Crippen molar-refractivity contribution < 1.29 is 18.4 Å². The lowest BCUT2D eigenvalue weighted by Crippen LogP contribution is -2.38. The van der Waals surface area contributed by atoms with Gasteiger partial charge in [0.1, 0.15) is 12.4 Å². The Labute approximate surface area is 155 Å². The quantitative estimate of drug-likeness (QED) is 0.750. The van der Waals surface area contributed by atoms with Gasteiger partial charge < -0.3 is 14.6 Å². The molecule has 2 aromatic carbocycles. The van der Waals surface area contributed by atoms with Gasteiger partial charge in [0.2, 0.25) is 5.91 Å². The first kappa shape index (κ1) is 17.0. The van der Waals surface area contributed by atoms with Gasteiger partial charge in [0.25, 0.3) is 5.91 Å². The van der Waals surface area contributed by atoms with Crippen molar-refractivity contribution in [2.75, 3.05) is 11.9 Å². The zero-order chi connectivity index (χ0) is 19.0. The van der Waals surface area contributed by atoms with Crippen molar-refractivity contribution in [3.05, 3.63) is 89.1 Å². The third kappa shape index (κ3) is 3.21. The molecule has 1 aromatic heterocycles. The first-order valence-corrected chi connectivity index (χ1v) is 8.53. The molecule has 0 spiro atoms. The molecule has 2 heterocycles. The van der Waals surface area contributed by atoms with Crippen LogP contribution in [0.4, 0.5) is 10.1 Å². The second kappa shape index (κ2) is 6.72. The maximum Gasteiger partial charge on any atom is 0.290 e. The zero-order valence-electron chi connectivity index (χ0n) is 14.6. The van der Waals surface area contributed by atoms with Crippen LogP contribution in [-0.2, 0) is 4.79 Å². The van der Waals surface area contributed by atoms with Crippen molar-refractivity contribution >= 4 is 17.5 Å². The lowest BCUT2D eigenvalue weighted by atomic mass is 9.94. The number of hydrogen-bond acceptors (Lipinski definition) is 3. The van der Waals surface area contributed by atoms with Gasteiger partial charge in [-0.25, -0.2) is 4.39 Å². The number of benzene rings is 2. The second-order valence-corrected chi connectivity index (χ2v) is 6.50. The minimum atomic E-state index is -0.558. The average molecular weight is 364 g/mol. The Kier molecular flexibility index (Phi) is 4.24. The summed E-state index contributed by atoms with van der Waals surface area (Å²) in [6, 6.07) is 14.2. The van der Waals surface area contributed by atoms with Crippen LogP contribution in [0.2, 0.25) is 0 Å². The van der Waals surface area contributed by atoms with E-state index in [0.29, 0.717) is 11.3 Å². The molecular weight excluding hydrogens is 347 g/mol. The summed E-state index contributed by atoms with van der Waals surface area (Å²) in [5, 5.41) is 2.85. The number of halogens is 1. The third-order valence-electron chi connectivity index (χ3n) is 4.58. The summed E-state index contributed by atoms with van der Waals surface area (Å²) in [7, 11) is 0. The summed E-state index contributed by atoms with van der Waals surface area (Å²) in [4.78, 5) is 27.0.